The molecule has 3 N–H and O–H groups in total. The first kappa shape index (κ1) is 7.94. The smallest absolute Gasteiger partial charge is 0.176 e. The predicted molar refractivity (Wildman–Crippen MR) is 49.5 cm³/mol. The number of carbonyl (C=O) groups excluding carboxylic acids is 1. The monoisotopic (exact) mass is 175 g/mol. The third-order valence-electron chi connectivity index (χ3n) is 1.93. The van der Waals surface area contributed by atoms with E-state index < -0.39 is 0 Å². The van der Waals surface area contributed by atoms with Crippen molar-refractivity contribution in [3.8, 4) is 0 Å². The number of hydrogen-bond acceptors (Lipinski definition) is 3. The second-order valence-corrected chi connectivity index (χ2v) is 2.76. The van der Waals surface area contributed by atoms with Crippen LogP contribution in [0.15, 0.2) is 24.5 Å². The summed E-state index contributed by atoms with van der Waals surface area (Å²) < 4.78 is 0. The van der Waals surface area contributed by atoms with Crippen LogP contribution < -0.4 is 5.73 Å². The second-order valence-electron chi connectivity index (χ2n) is 2.76. The molecule has 0 aliphatic carbocycles. The number of benzene rings is 1. The van der Waals surface area contributed by atoms with E-state index in [1.165, 1.54) is 0 Å². The Kier molecular flexibility index (Phi) is 1.83. The quantitative estimate of drug-likeness (QED) is 0.660. The van der Waals surface area contributed by atoms with Crippen molar-refractivity contribution in [2.75, 3.05) is 6.54 Å². The Bertz CT molecular complexity index is 447. The number of carbonyl (C=O) groups is 1. The van der Waals surface area contributed by atoms with Crippen LogP contribution in [-0.4, -0.2) is 22.3 Å². The molecule has 2 rings (SSSR count). The maximum absolute atomic E-state index is 11.2. The molecule has 0 unspecified atom stereocenters. The molecule has 0 spiro atoms. The molecule has 0 saturated carbocycles. The number of imidazole rings is 1. The minimum atomic E-state index is -0.0588. The highest BCUT2D eigenvalue weighted by atomic mass is 16.1. The molecule has 1 aromatic carbocycles. The second kappa shape index (κ2) is 2.99. The van der Waals surface area contributed by atoms with Gasteiger partial charge in [-0.3, -0.25) is 4.79 Å². The number of aromatic nitrogens is 2. The highest BCUT2D eigenvalue weighted by molar-refractivity contribution is 5.99. The third-order valence-corrected chi connectivity index (χ3v) is 1.93. The zero-order chi connectivity index (χ0) is 9.26. The molecule has 13 heavy (non-hydrogen) atoms. The number of H-pyrrole nitrogens is 1. The van der Waals surface area contributed by atoms with E-state index in [1.807, 2.05) is 0 Å². The maximum atomic E-state index is 11.2. The van der Waals surface area contributed by atoms with Gasteiger partial charge >= 0.3 is 0 Å². The van der Waals surface area contributed by atoms with Crippen molar-refractivity contribution < 1.29 is 4.79 Å². The van der Waals surface area contributed by atoms with E-state index in [9.17, 15) is 4.79 Å². The summed E-state index contributed by atoms with van der Waals surface area (Å²) in [4.78, 5) is 18.2. The zero-order valence-corrected chi connectivity index (χ0v) is 6.95. The topological polar surface area (TPSA) is 71.8 Å². The number of aromatic amines is 1. The van der Waals surface area contributed by atoms with Gasteiger partial charge in [-0.25, -0.2) is 4.98 Å². The number of Topliss-reactive ketones (excluding diaryl/α,β-unsaturated/α-hetero) is 1. The van der Waals surface area contributed by atoms with Gasteiger partial charge in [0.25, 0.3) is 0 Å². The van der Waals surface area contributed by atoms with Crippen molar-refractivity contribution in [2.24, 2.45) is 5.73 Å². The third kappa shape index (κ3) is 1.31. The summed E-state index contributed by atoms with van der Waals surface area (Å²) in [6.45, 7) is 0.0413. The first-order chi connectivity index (χ1) is 6.31. The Labute approximate surface area is 74.8 Å². The zero-order valence-electron chi connectivity index (χ0n) is 6.95. The van der Waals surface area contributed by atoms with Crippen LogP contribution in [-0.2, 0) is 0 Å². The van der Waals surface area contributed by atoms with Crippen molar-refractivity contribution in [3.63, 3.8) is 0 Å². The summed E-state index contributed by atoms with van der Waals surface area (Å²) >= 11 is 0. The normalized spacial score (nSPS) is 10.5. The molecule has 0 aliphatic rings. The summed E-state index contributed by atoms with van der Waals surface area (Å²) in [5.74, 6) is -0.0588. The Morgan fingerprint density at radius 1 is 1.54 bits per heavy atom. The van der Waals surface area contributed by atoms with Crippen LogP contribution >= 0.6 is 0 Å². The molecule has 4 heteroatoms. The summed E-state index contributed by atoms with van der Waals surface area (Å²) in [6.07, 6.45) is 1.60. The van der Waals surface area contributed by atoms with Gasteiger partial charge in [0.1, 0.15) is 0 Å². The van der Waals surface area contributed by atoms with Crippen LogP contribution in [0.1, 0.15) is 10.4 Å². The summed E-state index contributed by atoms with van der Waals surface area (Å²) in [6, 6.07) is 5.30. The van der Waals surface area contributed by atoms with Gasteiger partial charge in [0.2, 0.25) is 0 Å². The molecule has 1 aromatic heterocycles. The number of nitrogens with two attached hydrogens (primary N) is 1. The standard InChI is InChI=1S/C9H9N3O/c10-4-9(13)6-1-2-7-8(3-6)12-5-11-7/h1-3,5H,4,10H2,(H,11,12). The number of nitrogens with one attached hydrogen (secondary N) is 1. The molecule has 0 atom stereocenters. The molecule has 0 amide bonds. The molecular formula is C9H9N3O. The van der Waals surface area contributed by atoms with Crippen molar-refractivity contribution in [3.05, 3.63) is 30.1 Å². The highest BCUT2D eigenvalue weighted by Crippen LogP contribution is 2.11. The van der Waals surface area contributed by atoms with Gasteiger partial charge in [-0.05, 0) is 18.2 Å². The number of fused-ring (bicyclic) bond motifs is 1. The molecule has 66 valence electrons. The van der Waals surface area contributed by atoms with Gasteiger partial charge in [-0.1, -0.05) is 0 Å². The van der Waals surface area contributed by atoms with Crippen LogP contribution in [0, 0.1) is 0 Å². The average Bonchev–Trinajstić information content (AvgIpc) is 2.63. The largest absolute Gasteiger partial charge is 0.345 e. The first-order valence-electron chi connectivity index (χ1n) is 3.97. The average molecular weight is 175 g/mol. The molecule has 0 fully saturated rings. The molecule has 0 radical (unpaired) electrons. The van der Waals surface area contributed by atoms with E-state index >= 15 is 0 Å². The molecule has 0 saturated heterocycles. The van der Waals surface area contributed by atoms with Gasteiger partial charge in [0, 0.05) is 5.56 Å². The van der Waals surface area contributed by atoms with Crippen LogP contribution in [0.4, 0.5) is 0 Å². The number of nitrogens with zero attached hydrogens (tertiary/aromatic N) is 1. The number of ketones is 1. The van der Waals surface area contributed by atoms with Crippen molar-refractivity contribution in [2.45, 2.75) is 0 Å². The fourth-order valence-corrected chi connectivity index (χ4v) is 1.23. The van der Waals surface area contributed by atoms with E-state index in [0.29, 0.717) is 5.56 Å². The fourth-order valence-electron chi connectivity index (χ4n) is 1.23. The lowest BCUT2D eigenvalue weighted by Gasteiger charge is -1.96. The Morgan fingerprint density at radius 2 is 2.38 bits per heavy atom. The molecule has 1 heterocycles. The van der Waals surface area contributed by atoms with Crippen LogP contribution in [0.3, 0.4) is 0 Å². The first-order valence-corrected chi connectivity index (χ1v) is 3.97. The van der Waals surface area contributed by atoms with E-state index in [-0.39, 0.29) is 12.3 Å². The van der Waals surface area contributed by atoms with Gasteiger partial charge in [0.15, 0.2) is 5.78 Å². The van der Waals surface area contributed by atoms with Crippen molar-refractivity contribution in [1.82, 2.24) is 9.97 Å². The summed E-state index contributed by atoms with van der Waals surface area (Å²) in [5, 5.41) is 0. The minimum Gasteiger partial charge on any atom is -0.345 e. The van der Waals surface area contributed by atoms with Crippen LogP contribution in [0.25, 0.3) is 11.0 Å². The summed E-state index contributed by atoms with van der Waals surface area (Å²) in [5.41, 5.74) is 7.59. The summed E-state index contributed by atoms with van der Waals surface area (Å²) in [7, 11) is 0. The van der Waals surface area contributed by atoms with Crippen molar-refractivity contribution >= 4 is 16.8 Å². The molecular weight excluding hydrogens is 166 g/mol. The molecule has 0 bridgehead atoms. The fraction of sp³-hybridized carbons (Fsp3) is 0.111. The Morgan fingerprint density at radius 3 is 3.15 bits per heavy atom. The lowest BCUT2D eigenvalue weighted by Crippen LogP contribution is -2.13. The number of rotatable bonds is 2. The van der Waals surface area contributed by atoms with E-state index in [4.69, 9.17) is 5.73 Å². The molecule has 2 aromatic rings. The Balaban J connectivity index is 2.54. The molecule has 4 nitrogen and oxygen atoms in total. The van der Waals surface area contributed by atoms with Crippen LogP contribution in [0.2, 0.25) is 0 Å². The van der Waals surface area contributed by atoms with Crippen molar-refractivity contribution in [1.29, 1.82) is 0 Å². The SMILES string of the molecule is NCC(=O)c1ccc2nc[nH]c2c1. The van der Waals surface area contributed by atoms with Gasteiger partial charge in [-0.15, -0.1) is 0 Å². The van der Waals surface area contributed by atoms with Gasteiger partial charge in [0.05, 0.1) is 23.9 Å². The number of hydrogen-bond donors (Lipinski definition) is 2. The van der Waals surface area contributed by atoms with Crippen LogP contribution in [0.5, 0.6) is 0 Å². The van der Waals surface area contributed by atoms with E-state index in [0.717, 1.165) is 11.0 Å². The van der Waals surface area contributed by atoms with E-state index in [2.05, 4.69) is 9.97 Å². The minimum absolute atomic E-state index is 0.0413. The predicted octanol–water partition coefficient (Wildman–Crippen LogP) is 0.704. The van der Waals surface area contributed by atoms with Gasteiger partial charge in [-0.2, -0.15) is 0 Å². The highest BCUT2D eigenvalue weighted by Gasteiger charge is 2.04. The Hall–Kier alpha value is -1.68. The molecule has 0 aliphatic heterocycles. The lowest BCUT2D eigenvalue weighted by atomic mass is 10.1. The lowest BCUT2D eigenvalue weighted by molar-refractivity contribution is 0.100. The van der Waals surface area contributed by atoms with E-state index in [1.54, 1.807) is 24.5 Å². The maximum Gasteiger partial charge on any atom is 0.176 e. The van der Waals surface area contributed by atoms with Gasteiger partial charge < -0.3 is 10.7 Å².